The molecule has 0 aliphatic rings. The summed E-state index contributed by atoms with van der Waals surface area (Å²) < 4.78 is 0. The zero-order chi connectivity index (χ0) is 9.94. The van der Waals surface area contributed by atoms with Gasteiger partial charge in [0.15, 0.2) is 0 Å². The van der Waals surface area contributed by atoms with E-state index in [1.54, 1.807) is 0 Å². The van der Waals surface area contributed by atoms with Gasteiger partial charge in [0, 0.05) is 6.42 Å². The van der Waals surface area contributed by atoms with Crippen molar-refractivity contribution in [3.8, 4) is 0 Å². The molecular weight excluding hydrogens is 196 g/mol. The van der Waals surface area contributed by atoms with Gasteiger partial charge in [-0.25, -0.2) is 0 Å². The van der Waals surface area contributed by atoms with Crippen LogP contribution in [0.15, 0.2) is 0 Å². The molecule has 3 heteroatoms. The topological polar surface area (TPSA) is 49.9 Å². The average molecular weight is 221 g/mol. The third-order valence-corrected chi connectivity index (χ3v) is 2.30. The second kappa shape index (κ2) is 12.8. The van der Waals surface area contributed by atoms with Crippen LogP contribution in [-0.2, 0) is 0 Å². The summed E-state index contributed by atoms with van der Waals surface area (Å²) in [5.41, 5.74) is 5.26. The molecule has 0 rings (SSSR count). The van der Waals surface area contributed by atoms with Gasteiger partial charge in [-0.15, -0.1) is 12.4 Å². The summed E-state index contributed by atoms with van der Waals surface area (Å²) in [5, 5.41) is 7.04. The normalized spacial score (nSPS) is 9.50. The van der Waals surface area contributed by atoms with E-state index in [9.17, 15) is 0 Å². The highest BCUT2D eigenvalue weighted by atomic mass is 35.5. The van der Waals surface area contributed by atoms with Crippen molar-refractivity contribution in [1.82, 2.24) is 0 Å². The molecule has 0 bridgehead atoms. The minimum Gasteiger partial charge on any atom is -0.388 e. The number of nitrogens with one attached hydrogen (secondary N) is 1. The zero-order valence-electron chi connectivity index (χ0n) is 9.35. The Morgan fingerprint density at radius 1 is 0.929 bits per heavy atom. The minimum atomic E-state index is 0. The van der Waals surface area contributed by atoms with Crippen molar-refractivity contribution in [3.05, 3.63) is 0 Å². The van der Waals surface area contributed by atoms with Crippen molar-refractivity contribution in [2.45, 2.75) is 64.7 Å². The molecule has 0 radical (unpaired) electrons. The van der Waals surface area contributed by atoms with Gasteiger partial charge in [0.1, 0.15) is 0 Å². The van der Waals surface area contributed by atoms with Gasteiger partial charge in [-0.05, 0) is 6.42 Å². The molecule has 14 heavy (non-hydrogen) atoms. The Hall–Kier alpha value is -0.240. The molecule has 0 saturated carbocycles. The number of halogens is 1. The Morgan fingerprint density at radius 2 is 1.36 bits per heavy atom. The summed E-state index contributed by atoms with van der Waals surface area (Å²) in [6.45, 7) is 2.24. The lowest BCUT2D eigenvalue weighted by molar-refractivity contribution is 0.579. The Kier molecular flexibility index (Phi) is 14.8. The van der Waals surface area contributed by atoms with E-state index < -0.39 is 0 Å². The molecule has 0 atom stereocenters. The molecule has 0 saturated heterocycles. The van der Waals surface area contributed by atoms with E-state index in [1.807, 2.05) is 0 Å². The van der Waals surface area contributed by atoms with Crippen LogP contribution in [0.1, 0.15) is 64.7 Å². The summed E-state index contributed by atoms with van der Waals surface area (Å²) in [7, 11) is 0. The molecule has 0 aromatic carbocycles. The second-order valence-corrected chi connectivity index (χ2v) is 3.75. The van der Waals surface area contributed by atoms with E-state index in [2.05, 4.69) is 6.92 Å². The smallest absolute Gasteiger partial charge is 0.0905 e. The van der Waals surface area contributed by atoms with Crippen LogP contribution in [-0.4, -0.2) is 5.84 Å². The van der Waals surface area contributed by atoms with Gasteiger partial charge < -0.3 is 5.73 Å². The SMILES string of the molecule is CCCCCCCCCCC(=N)N.Cl. The Morgan fingerprint density at radius 3 is 1.79 bits per heavy atom. The van der Waals surface area contributed by atoms with Crippen molar-refractivity contribution in [3.63, 3.8) is 0 Å². The largest absolute Gasteiger partial charge is 0.388 e. The molecule has 0 aromatic heterocycles. The zero-order valence-corrected chi connectivity index (χ0v) is 10.2. The van der Waals surface area contributed by atoms with Crippen LogP contribution in [0.4, 0.5) is 0 Å². The predicted octanol–water partition coefficient (Wildman–Crippen LogP) is 3.87. The van der Waals surface area contributed by atoms with Crippen molar-refractivity contribution in [2.24, 2.45) is 5.73 Å². The molecule has 3 N–H and O–H groups in total. The summed E-state index contributed by atoms with van der Waals surface area (Å²) in [4.78, 5) is 0. The third kappa shape index (κ3) is 14.3. The van der Waals surface area contributed by atoms with Crippen LogP contribution in [0.2, 0.25) is 0 Å². The molecule has 0 spiro atoms. The molecule has 0 heterocycles. The van der Waals surface area contributed by atoms with Gasteiger partial charge in [0.25, 0.3) is 0 Å². The van der Waals surface area contributed by atoms with E-state index in [1.165, 1.54) is 44.9 Å². The number of hydrogen-bond donors (Lipinski definition) is 2. The van der Waals surface area contributed by atoms with Crippen molar-refractivity contribution >= 4 is 18.2 Å². The van der Waals surface area contributed by atoms with Gasteiger partial charge in [0.2, 0.25) is 0 Å². The monoisotopic (exact) mass is 220 g/mol. The lowest BCUT2D eigenvalue weighted by Crippen LogP contribution is -2.08. The van der Waals surface area contributed by atoms with E-state index >= 15 is 0 Å². The first-order valence-electron chi connectivity index (χ1n) is 5.60. The molecular formula is C11H25ClN2. The first-order chi connectivity index (χ1) is 6.27. The van der Waals surface area contributed by atoms with Gasteiger partial charge in [-0.1, -0.05) is 51.9 Å². The van der Waals surface area contributed by atoms with Crippen molar-refractivity contribution < 1.29 is 0 Å². The van der Waals surface area contributed by atoms with Crippen LogP contribution in [0.5, 0.6) is 0 Å². The van der Waals surface area contributed by atoms with Crippen LogP contribution in [0.25, 0.3) is 0 Å². The highest BCUT2D eigenvalue weighted by Gasteiger charge is 1.92. The first kappa shape index (κ1) is 16.2. The van der Waals surface area contributed by atoms with Crippen LogP contribution < -0.4 is 5.73 Å². The van der Waals surface area contributed by atoms with Crippen LogP contribution >= 0.6 is 12.4 Å². The molecule has 2 nitrogen and oxygen atoms in total. The summed E-state index contributed by atoms with van der Waals surface area (Å²) in [6, 6.07) is 0. The maximum absolute atomic E-state index is 7.04. The number of amidine groups is 1. The van der Waals surface area contributed by atoms with Crippen molar-refractivity contribution in [2.75, 3.05) is 0 Å². The predicted molar refractivity (Wildman–Crippen MR) is 66.4 cm³/mol. The van der Waals surface area contributed by atoms with Gasteiger partial charge in [0.05, 0.1) is 5.84 Å². The minimum absolute atomic E-state index is 0. The van der Waals surface area contributed by atoms with E-state index in [-0.39, 0.29) is 12.4 Å². The molecule has 0 fully saturated rings. The molecule has 86 valence electrons. The Bertz CT molecular complexity index is 126. The molecule has 0 aliphatic carbocycles. The molecule has 0 aromatic rings. The number of hydrogen-bond acceptors (Lipinski definition) is 1. The lowest BCUT2D eigenvalue weighted by atomic mass is 10.1. The number of nitrogens with two attached hydrogens (primary N) is 1. The van der Waals surface area contributed by atoms with E-state index in [0.29, 0.717) is 5.84 Å². The maximum Gasteiger partial charge on any atom is 0.0905 e. The summed E-state index contributed by atoms with van der Waals surface area (Å²) in [6.07, 6.45) is 11.3. The Balaban J connectivity index is 0. The summed E-state index contributed by atoms with van der Waals surface area (Å²) in [5.74, 6) is 0.339. The first-order valence-corrected chi connectivity index (χ1v) is 5.60. The van der Waals surface area contributed by atoms with Gasteiger partial charge in [-0.3, -0.25) is 5.41 Å². The van der Waals surface area contributed by atoms with E-state index in [4.69, 9.17) is 11.1 Å². The van der Waals surface area contributed by atoms with Crippen LogP contribution in [0, 0.1) is 5.41 Å². The average Bonchev–Trinajstić information content (AvgIpc) is 2.09. The molecule has 0 amide bonds. The van der Waals surface area contributed by atoms with Crippen molar-refractivity contribution in [1.29, 1.82) is 5.41 Å². The fraction of sp³-hybridized carbons (Fsp3) is 0.909. The maximum atomic E-state index is 7.04. The van der Waals surface area contributed by atoms with Gasteiger partial charge in [-0.2, -0.15) is 0 Å². The lowest BCUT2D eigenvalue weighted by Gasteiger charge is -2.00. The van der Waals surface area contributed by atoms with Crippen LogP contribution in [0.3, 0.4) is 0 Å². The molecule has 0 aliphatic heterocycles. The van der Waals surface area contributed by atoms with Gasteiger partial charge >= 0.3 is 0 Å². The third-order valence-electron chi connectivity index (χ3n) is 2.30. The highest BCUT2D eigenvalue weighted by Crippen LogP contribution is 2.09. The Labute approximate surface area is 94.6 Å². The number of rotatable bonds is 9. The quantitative estimate of drug-likeness (QED) is 0.346. The second-order valence-electron chi connectivity index (χ2n) is 3.75. The molecule has 0 unspecified atom stereocenters. The highest BCUT2D eigenvalue weighted by molar-refractivity contribution is 5.85. The summed E-state index contributed by atoms with van der Waals surface area (Å²) >= 11 is 0. The number of unbranched alkanes of at least 4 members (excludes halogenated alkanes) is 7. The van der Waals surface area contributed by atoms with E-state index in [0.717, 1.165) is 12.8 Å². The fourth-order valence-corrected chi connectivity index (χ4v) is 1.45. The fourth-order valence-electron chi connectivity index (χ4n) is 1.45. The standard InChI is InChI=1S/C11H24N2.ClH/c1-2-3-4-5-6-7-8-9-10-11(12)13;/h2-10H2,1H3,(H3,12,13);1H.